The van der Waals surface area contributed by atoms with Gasteiger partial charge in [0, 0.05) is 19.0 Å². The van der Waals surface area contributed by atoms with Crippen molar-refractivity contribution in [1.29, 1.82) is 0 Å². The van der Waals surface area contributed by atoms with Gasteiger partial charge >= 0.3 is 0 Å². The van der Waals surface area contributed by atoms with Gasteiger partial charge in [-0.1, -0.05) is 30.3 Å². The zero-order valence-electron chi connectivity index (χ0n) is 11.5. The second-order valence-corrected chi connectivity index (χ2v) is 4.28. The van der Waals surface area contributed by atoms with Gasteiger partial charge in [-0.05, 0) is 12.5 Å². The minimum absolute atomic E-state index is 0.0226. The van der Waals surface area contributed by atoms with Crippen molar-refractivity contribution in [1.82, 2.24) is 10.6 Å². The summed E-state index contributed by atoms with van der Waals surface area (Å²) in [6, 6.07) is 9.54. The first-order valence-electron chi connectivity index (χ1n) is 6.63. The molecule has 112 valence electrons. The molecule has 1 aromatic rings. The number of aliphatic hydroxyl groups is 1. The molecular formula is C14H21F2N3O. The van der Waals surface area contributed by atoms with Crippen LogP contribution >= 0.6 is 0 Å². The summed E-state index contributed by atoms with van der Waals surface area (Å²) in [5.41, 5.74) is 0.993. The molecule has 0 fully saturated rings. The van der Waals surface area contributed by atoms with Gasteiger partial charge in [0.05, 0.1) is 6.61 Å². The average Bonchev–Trinajstić information content (AvgIpc) is 2.46. The van der Waals surface area contributed by atoms with Crippen LogP contribution in [0.2, 0.25) is 0 Å². The molecule has 1 aromatic carbocycles. The van der Waals surface area contributed by atoms with Crippen LogP contribution in [0.4, 0.5) is 8.78 Å². The molecular weight excluding hydrogens is 264 g/mol. The molecule has 0 heterocycles. The minimum Gasteiger partial charge on any atom is -0.396 e. The summed E-state index contributed by atoms with van der Waals surface area (Å²) in [5, 5.41) is 15.3. The van der Waals surface area contributed by atoms with Gasteiger partial charge in [-0.2, -0.15) is 0 Å². The smallest absolute Gasteiger partial charge is 0.257 e. The highest BCUT2D eigenvalue weighted by molar-refractivity contribution is 5.79. The number of aliphatic imine (C=N–C) groups is 1. The number of nitrogens with zero attached hydrogens (tertiary/aromatic N) is 1. The molecule has 0 amide bonds. The third-order valence-corrected chi connectivity index (χ3v) is 2.74. The molecule has 1 rings (SSSR count). The van der Waals surface area contributed by atoms with Crippen molar-refractivity contribution >= 4 is 5.96 Å². The van der Waals surface area contributed by atoms with Crippen LogP contribution < -0.4 is 10.6 Å². The van der Waals surface area contributed by atoms with Crippen LogP contribution in [0, 0.1) is 0 Å². The Morgan fingerprint density at radius 3 is 2.50 bits per heavy atom. The summed E-state index contributed by atoms with van der Waals surface area (Å²) >= 11 is 0. The molecule has 0 saturated carbocycles. The lowest BCUT2D eigenvalue weighted by molar-refractivity contribution is 0.158. The Hall–Kier alpha value is -1.69. The second kappa shape index (κ2) is 9.25. The molecule has 0 aliphatic heterocycles. The second-order valence-electron chi connectivity index (χ2n) is 4.28. The van der Waals surface area contributed by atoms with Crippen molar-refractivity contribution in [3.05, 3.63) is 35.9 Å². The monoisotopic (exact) mass is 285 g/mol. The summed E-state index contributed by atoms with van der Waals surface area (Å²) in [6.45, 7) is 2.32. The molecule has 0 bridgehead atoms. The third kappa shape index (κ3) is 5.97. The first-order valence-corrected chi connectivity index (χ1v) is 6.63. The number of aliphatic hydroxyl groups excluding tert-OH is 1. The number of rotatable bonds is 7. The van der Waals surface area contributed by atoms with Crippen LogP contribution in [-0.2, 0) is 0 Å². The van der Waals surface area contributed by atoms with Crippen molar-refractivity contribution in [3.63, 3.8) is 0 Å². The summed E-state index contributed by atoms with van der Waals surface area (Å²) in [7, 11) is 0. The fraction of sp³-hybridized carbons (Fsp3) is 0.500. The van der Waals surface area contributed by atoms with Crippen LogP contribution in [0.1, 0.15) is 18.4 Å². The van der Waals surface area contributed by atoms with E-state index in [0.29, 0.717) is 19.0 Å². The molecule has 1 atom stereocenters. The lowest BCUT2D eigenvalue weighted by atomic mass is 10.0. The summed E-state index contributed by atoms with van der Waals surface area (Å²) in [4.78, 5) is 3.78. The molecule has 0 aliphatic carbocycles. The van der Waals surface area contributed by atoms with Crippen LogP contribution in [0.25, 0.3) is 0 Å². The molecule has 6 heteroatoms. The molecule has 4 nitrogen and oxygen atoms in total. The summed E-state index contributed by atoms with van der Waals surface area (Å²) in [6.07, 6.45) is -2.46. The summed E-state index contributed by atoms with van der Waals surface area (Å²) in [5.74, 6) is 0.230. The number of benzene rings is 1. The van der Waals surface area contributed by atoms with E-state index in [-0.39, 0.29) is 12.5 Å². The molecule has 20 heavy (non-hydrogen) atoms. The molecule has 0 aliphatic rings. The Balaban J connectivity index is 2.58. The maximum absolute atomic E-state index is 12.2. The molecule has 0 aromatic heterocycles. The average molecular weight is 285 g/mol. The fourth-order valence-corrected chi connectivity index (χ4v) is 1.73. The number of guanidine groups is 1. The number of hydrogen-bond acceptors (Lipinski definition) is 2. The van der Waals surface area contributed by atoms with Crippen molar-refractivity contribution in [3.8, 4) is 0 Å². The standard InChI is InChI=1S/C14H21F2N3O/c1-2-17-14(19-9-13(15)16)18-8-12(10-20)11-6-4-3-5-7-11/h3-7,12-13,20H,2,8-10H2,1H3,(H2,17,18,19). The van der Waals surface area contributed by atoms with E-state index in [1.807, 2.05) is 37.3 Å². The van der Waals surface area contributed by atoms with E-state index in [1.54, 1.807) is 0 Å². The van der Waals surface area contributed by atoms with E-state index < -0.39 is 13.0 Å². The number of alkyl halides is 2. The lowest BCUT2D eigenvalue weighted by Gasteiger charge is -2.18. The Morgan fingerprint density at radius 1 is 1.25 bits per heavy atom. The van der Waals surface area contributed by atoms with E-state index in [9.17, 15) is 13.9 Å². The quantitative estimate of drug-likeness (QED) is 0.526. The van der Waals surface area contributed by atoms with Crippen LogP contribution in [0.3, 0.4) is 0 Å². The zero-order chi connectivity index (χ0) is 14.8. The maximum atomic E-state index is 12.2. The molecule has 0 saturated heterocycles. The largest absolute Gasteiger partial charge is 0.396 e. The highest BCUT2D eigenvalue weighted by Crippen LogP contribution is 2.13. The third-order valence-electron chi connectivity index (χ3n) is 2.74. The van der Waals surface area contributed by atoms with E-state index in [4.69, 9.17) is 0 Å². The maximum Gasteiger partial charge on any atom is 0.257 e. The number of halogens is 2. The van der Waals surface area contributed by atoms with Gasteiger partial charge in [-0.3, -0.25) is 0 Å². The highest BCUT2D eigenvalue weighted by Gasteiger charge is 2.11. The van der Waals surface area contributed by atoms with Gasteiger partial charge in [0.1, 0.15) is 6.54 Å². The molecule has 0 spiro atoms. The van der Waals surface area contributed by atoms with Crippen LogP contribution in [0.15, 0.2) is 35.3 Å². The predicted octanol–water partition coefficient (Wildman–Crippen LogP) is 1.58. The van der Waals surface area contributed by atoms with Crippen molar-refractivity contribution in [2.45, 2.75) is 19.3 Å². The van der Waals surface area contributed by atoms with Gasteiger partial charge in [0.15, 0.2) is 5.96 Å². The lowest BCUT2D eigenvalue weighted by Crippen LogP contribution is -2.40. The normalized spacial score (nSPS) is 13.3. The van der Waals surface area contributed by atoms with Gasteiger partial charge in [0.2, 0.25) is 0 Å². The van der Waals surface area contributed by atoms with Gasteiger partial charge in [-0.25, -0.2) is 13.8 Å². The molecule has 1 unspecified atom stereocenters. The van der Waals surface area contributed by atoms with E-state index in [1.165, 1.54) is 0 Å². The van der Waals surface area contributed by atoms with Crippen molar-refractivity contribution in [2.24, 2.45) is 4.99 Å². The van der Waals surface area contributed by atoms with E-state index >= 15 is 0 Å². The van der Waals surface area contributed by atoms with Crippen LogP contribution in [0.5, 0.6) is 0 Å². The topological polar surface area (TPSA) is 56.7 Å². The zero-order valence-corrected chi connectivity index (χ0v) is 11.5. The SMILES string of the molecule is CCNC(=NCC(F)F)NCC(CO)c1ccccc1. The minimum atomic E-state index is -2.46. The van der Waals surface area contributed by atoms with Crippen molar-refractivity contribution < 1.29 is 13.9 Å². The Kier molecular flexibility index (Phi) is 7.57. The molecule has 0 radical (unpaired) electrons. The molecule has 3 N–H and O–H groups in total. The van der Waals surface area contributed by atoms with Gasteiger partial charge in [0.25, 0.3) is 6.43 Å². The Bertz CT molecular complexity index is 399. The Labute approximate surface area is 117 Å². The summed E-state index contributed by atoms with van der Waals surface area (Å²) < 4.78 is 24.3. The first-order chi connectivity index (χ1) is 9.67. The Morgan fingerprint density at radius 2 is 1.95 bits per heavy atom. The van der Waals surface area contributed by atoms with Gasteiger partial charge < -0.3 is 15.7 Å². The van der Waals surface area contributed by atoms with Crippen LogP contribution in [-0.4, -0.2) is 43.7 Å². The van der Waals surface area contributed by atoms with E-state index in [2.05, 4.69) is 15.6 Å². The van der Waals surface area contributed by atoms with E-state index in [0.717, 1.165) is 5.56 Å². The first kappa shape index (κ1) is 16.4. The highest BCUT2D eigenvalue weighted by atomic mass is 19.3. The number of hydrogen-bond donors (Lipinski definition) is 3. The van der Waals surface area contributed by atoms with Gasteiger partial charge in [-0.15, -0.1) is 0 Å². The van der Waals surface area contributed by atoms with Crippen molar-refractivity contribution in [2.75, 3.05) is 26.2 Å². The number of nitrogens with one attached hydrogen (secondary N) is 2. The predicted molar refractivity (Wildman–Crippen MR) is 76.3 cm³/mol. The fourth-order valence-electron chi connectivity index (χ4n) is 1.73.